The van der Waals surface area contributed by atoms with E-state index in [1.165, 1.54) is 17.2 Å². The van der Waals surface area contributed by atoms with E-state index in [9.17, 15) is 13.0 Å². The maximum atomic E-state index is 11.9. The van der Waals surface area contributed by atoms with Crippen molar-refractivity contribution in [2.45, 2.75) is 25.7 Å². The summed E-state index contributed by atoms with van der Waals surface area (Å²) in [5.41, 5.74) is 14.5. The number of nitrogen functional groups attached to an aromatic ring is 1. The molecule has 0 aliphatic carbocycles. The van der Waals surface area contributed by atoms with Gasteiger partial charge in [0.25, 0.3) is 0 Å². The van der Waals surface area contributed by atoms with Gasteiger partial charge in [0.2, 0.25) is 0 Å². The summed E-state index contributed by atoms with van der Waals surface area (Å²) in [5.74, 6) is 0. The zero-order chi connectivity index (χ0) is 27.0. The number of fused-ring (bicyclic) bond motifs is 1. The van der Waals surface area contributed by atoms with Crippen molar-refractivity contribution < 1.29 is 42.5 Å². The Kier molecular flexibility index (Phi) is 8.34. The molecular formula is C30H25N4NaO3S. The van der Waals surface area contributed by atoms with Gasteiger partial charge >= 0.3 is 29.6 Å². The zero-order valence-electron chi connectivity index (χ0n) is 22.1. The van der Waals surface area contributed by atoms with E-state index >= 15 is 0 Å². The van der Waals surface area contributed by atoms with E-state index in [0.29, 0.717) is 11.1 Å². The van der Waals surface area contributed by atoms with E-state index < -0.39 is 10.1 Å². The number of nitrogens with zero attached hydrogens (tertiary/aromatic N) is 3. The van der Waals surface area contributed by atoms with Crippen LogP contribution in [0.15, 0.2) is 100 Å². The second kappa shape index (κ2) is 11.4. The fourth-order valence-electron chi connectivity index (χ4n) is 4.61. The molecule has 0 saturated carbocycles. The molecule has 0 spiro atoms. The van der Waals surface area contributed by atoms with Crippen molar-refractivity contribution in [2.75, 3.05) is 5.73 Å². The summed E-state index contributed by atoms with van der Waals surface area (Å²) in [6, 6.07) is 24.1. The van der Waals surface area contributed by atoms with Gasteiger partial charge in [-0.3, -0.25) is 4.98 Å². The monoisotopic (exact) mass is 544 g/mol. The number of pyridine rings is 1. The van der Waals surface area contributed by atoms with Gasteiger partial charge in [-0.05, 0) is 56.2 Å². The molecule has 0 fully saturated rings. The van der Waals surface area contributed by atoms with Crippen LogP contribution in [0, 0.1) is 20.8 Å². The van der Waals surface area contributed by atoms with Crippen molar-refractivity contribution in [3.8, 4) is 22.4 Å². The van der Waals surface area contributed by atoms with Gasteiger partial charge in [0.1, 0.15) is 21.5 Å². The van der Waals surface area contributed by atoms with E-state index in [0.717, 1.165) is 34.0 Å². The molecule has 0 aliphatic heterocycles. The van der Waals surface area contributed by atoms with Gasteiger partial charge in [0.15, 0.2) is 0 Å². The number of anilines is 1. The average molecular weight is 545 g/mol. The topological polar surface area (TPSA) is 121 Å². The van der Waals surface area contributed by atoms with Gasteiger partial charge in [-0.1, -0.05) is 71.3 Å². The quantitative estimate of drug-likeness (QED) is 0.152. The van der Waals surface area contributed by atoms with Crippen LogP contribution in [0.5, 0.6) is 0 Å². The Morgan fingerprint density at radius 1 is 0.769 bits per heavy atom. The first-order valence-corrected chi connectivity index (χ1v) is 13.4. The molecule has 0 aliphatic rings. The van der Waals surface area contributed by atoms with Crippen LogP contribution in [0.3, 0.4) is 0 Å². The summed E-state index contributed by atoms with van der Waals surface area (Å²) in [7, 11) is -4.74. The van der Waals surface area contributed by atoms with Gasteiger partial charge < -0.3 is 10.3 Å². The Morgan fingerprint density at radius 2 is 1.46 bits per heavy atom. The molecule has 7 nitrogen and oxygen atoms in total. The van der Waals surface area contributed by atoms with Crippen molar-refractivity contribution in [3.05, 3.63) is 102 Å². The molecule has 1 heterocycles. The summed E-state index contributed by atoms with van der Waals surface area (Å²) in [6.45, 7) is 6.21. The van der Waals surface area contributed by atoms with Crippen LogP contribution in [-0.2, 0) is 10.1 Å². The molecule has 0 unspecified atom stereocenters. The van der Waals surface area contributed by atoms with Crippen LogP contribution in [0.25, 0.3) is 33.2 Å². The molecule has 5 rings (SSSR count). The molecule has 190 valence electrons. The number of hydrogen-bond acceptors (Lipinski definition) is 7. The SMILES string of the molecule is Cc1cc(C)cc(-c2ccc(C)cc2-c2ccc(N=Nc3cc(S(=O)(=O)[O-])c4ccccc4c3N)cn2)c1.[Na+]. The van der Waals surface area contributed by atoms with Gasteiger partial charge in [-0.2, -0.15) is 0 Å². The fraction of sp³-hybridized carbons (Fsp3) is 0.100. The van der Waals surface area contributed by atoms with E-state index in [-0.39, 0.29) is 51.2 Å². The normalized spacial score (nSPS) is 11.6. The van der Waals surface area contributed by atoms with Gasteiger partial charge in [0.05, 0.1) is 22.5 Å². The largest absolute Gasteiger partial charge is 1.00 e. The molecule has 0 radical (unpaired) electrons. The smallest absolute Gasteiger partial charge is 0.744 e. The number of aryl methyl sites for hydroxylation is 3. The third-order valence-corrected chi connectivity index (χ3v) is 7.18. The molecule has 2 N–H and O–H groups in total. The zero-order valence-corrected chi connectivity index (χ0v) is 25.0. The second-order valence-electron chi connectivity index (χ2n) is 9.33. The molecule has 39 heavy (non-hydrogen) atoms. The number of nitrogens with two attached hydrogens (primary N) is 1. The molecular weight excluding hydrogens is 519 g/mol. The van der Waals surface area contributed by atoms with Gasteiger partial charge in [-0.15, -0.1) is 10.2 Å². The van der Waals surface area contributed by atoms with Gasteiger partial charge in [-0.25, -0.2) is 8.42 Å². The Hall–Kier alpha value is -3.40. The summed E-state index contributed by atoms with van der Waals surface area (Å²) < 4.78 is 35.6. The van der Waals surface area contributed by atoms with E-state index in [2.05, 4.69) is 65.5 Å². The molecule has 5 aromatic rings. The number of hydrogen-bond donors (Lipinski definition) is 1. The standard InChI is InChI=1S/C30H26N4O3S.Na/c1-18-8-10-23(21-13-19(2)12-20(3)14-21)26(15-18)27-11-9-22(17-32-27)33-34-28-16-29(38(35,36)37)24-6-4-5-7-25(24)30(28)31;/h4-17H,31H2,1-3H3,(H,35,36,37);/q;+1/p-1. The Balaban J connectivity index is 0.00000353. The molecule has 0 amide bonds. The predicted octanol–water partition coefficient (Wildman–Crippen LogP) is 4.40. The first-order chi connectivity index (χ1) is 18.1. The molecule has 9 heteroatoms. The maximum absolute atomic E-state index is 11.9. The van der Waals surface area contributed by atoms with Crippen molar-refractivity contribution >= 4 is 38.0 Å². The van der Waals surface area contributed by atoms with Crippen molar-refractivity contribution in [2.24, 2.45) is 10.2 Å². The first kappa shape index (κ1) is 28.6. The molecule has 0 bridgehead atoms. The second-order valence-corrected chi connectivity index (χ2v) is 10.7. The minimum Gasteiger partial charge on any atom is -0.744 e. The van der Waals surface area contributed by atoms with E-state index in [4.69, 9.17) is 5.73 Å². The average Bonchev–Trinajstić information content (AvgIpc) is 2.87. The fourth-order valence-corrected chi connectivity index (χ4v) is 5.31. The Morgan fingerprint density at radius 3 is 2.10 bits per heavy atom. The molecule has 4 aromatic carbocycles. The third kappa shape index (κ3) is 6.11. The Bertz CT molecular complexity index is 1820. The van der Waals surface area contributed by atoms with Crippen molar-refractivity contribution in [1.29, 1.82) is 0 Å². The van der Waals surface area contributed by atoms with Crippen LogP contribution in [0.1, 0.15) is 16.7 Å². The molecule has 1 aromatic heterocycles. The van der Waals surface area contributed by atoms with E-state index in [1.54, 1.807) is 30.5 Å². The number of benzene rings is 4. The number of aromatic nitrogens is 1. The Labute approximate surface area is 249 Å². The van der Waals surface area contributed by atoms with Gasteiger partial charge in [0, 0.05) is 16.3 Å². The third-order valence-electron chi connectivity index (χ3n) is 6.30. The predicted molar refractivity (Wildman–Crippen MR) is 150 cm³/mol. The van der Waals surface area contributed by atoms with Crippen LogP contribution in [0.2, 0.25) is 0 Å². The maximum Gasteiger partial charge on any atom is 1.00 e. The van der Waals surface area contributed by atoms with E-state index in [1.807, 2.05) is 13.0 Å². The summed E-state index contributed by atoms with van der Waals surface area (Å²) in [4.78, 5) is 4.25. The summed E-state index contributed by atoms with van der Waals surface area (Å²) in [6.07, 6.45) is 1.59. The first-order valence-electron chi connectivity index (χ1n) is 11.9. The van der Waals surface area contributed by atoms with Crippen molar-refractivity contribution in [1.82, 2.24) is 4.98 Å². The summed E-state index contributed by atoms with van der Waals surface area (Å²) >= 11 is 0. The minimum absolute atomic E-state index is 0. The van der Waals surface area contributed by atoms with Crippen LogP contribution < -0.4 is 35.3 Å². The summed E-state index contributed by atoms with van der Waals surface area (Å²) in [5, 5.41) is 9.04. The number of rotatable bonds is 5. The van der Waals surface area contributed by atoms with Crippen LogP contribution >= 0.6 is 0 Å². The minimum atomic E-state index is -4.74. The molecule has 0 saturated heterocycles. The van der Waals surface area contributed by atoms with Crippen molar-refractivity contribution in [3.63, 3.8) is 0 Å². The van der Waals surface area contributed by atoms with Crippen LogP contribution in [0.4, 0.5) is 17.1 Å². The number of azo groups is 1. The molecule has 0 atom stereocenters. The van der Waals surface area contributed by atoms with Crippen LogP contribution in [-0.4, -0.2) is 18.0 Å².